The molecule has 4 N–H and O–H groups in total. The van der Waals surface area contributed by atoms with Crippen LogP contribution in [0.1, 0.15) is 30.6 Å². The number of hydrogen-bond acceptors (Lipinski definition) is 3. The second-order valence-electron chi connectivity index (χ2n) is 4.25. The van der Waals surface area contributed by atoms with Crippen LogP contribution in [0.15, 0.2) is 23.4 Å². The van der Waals surface area contributed by atoms with Crippen molar-refractivity contribution in [2.24, 2.45) is 10.9 Å². The fourth-order valence-electron chi connectivity index (χ4n) is 1.43. The molecule has 0 heterocycles. The van der Waals surface area contributed by atoms with Crippen molar-refractivity contribution in [3.05, 3.63) is 34.6 Å². The number of rotatable bonds is 4. The number of amides is 1. The average molecular weight is 288 g/mol. The average Bonchev–Trinajstić information content (AvgIpc) is 2.40. The van der Waals surface area contributed by atoms with E-state index in [2.05, 4.69) is 10.5 Å². The van der Waals surface area contributed by atoms with E-state index in [4.69, 9.17) is 22.5 Å². The molecular formula is C12H15ClFN3O2. The number of amidine groups is 1. The lowest BCUT2D eigenvalue weighted by Crippen LogP contribution is -2.55. The lowest BCUT2D eigenvalue weighted by molar-refractivity contribution is 0.0921. The van der Waals surface area contributed by atoms with E-state index in [0.717, 1.165) is 6.07 Å². The van der Waals surface area contributed by atoms with Gasteiger partial charge in [0.2, 0.25) is 0 Å². The van der Waals surface area contributed by atoms with E-state index in [0.29, 0.717) is 6.42 Å². The molecule has 0 radical (unpaired) electrons. The van der Waals surface area contributed by atoms with Crippen molar-refractivity contribution in [2.45, 2.75) is 25.8 Å². The third-order valence-corrected chi connectivity index (χ3v) is 3.18. The molecule has 1 rings (SSSR count). The van der Waals surface area contributed by atoms with Crippen LogP contribution in [0.25, 0.3) is 0 Å². The minimum absolute atomic E-state index is 0.161. The molecule has 1 amide bonds. The molecule has 0 aromatic heterocycles. The number of nitrogens with zero attached hydrogens (tertiary/aromatic N) is 1. The normalized spacial score (nSPS) is 14.8. The van der Waals surface area contributed by atoms with Gasteiger partial charge < -0.3 is 16.3 Å². The van der Waals surface area contributed by atoms with Gasteiger partial charge in [-0.15, -0.1) is 0 Å². The van der Waals surface area contributed by atoms with Crippen molar-refractivity contribution >= 4 is 23.3 Å². The summed E-state index contributed by atoms with van der Waals surface area (Å²) in [6.45, 7) is 3.31. The van der Waals surface area contributed by atoms with Gasteiger partial charge in [0.15, 0.2) is 5.84 Å². The van der Waals surface area contributed by atoms with Crippen molar-refractivity contribution in [3.8, 4) is 0 Å². The molecule has 104 valence electrons. The molecule has 0 aliphatic heterocycles. The number of hydrogen-bond donors (Lipinski definition) is 3. The minimum atomic E-state index is -1.07. The predicted octanol–water partition coefficient (Wildman–Crippen LogP) is 2.12. The van der Waals surface area contributed by atoms with Crippen LogP contribution in [0.3, 0.4) is 0 Å². The van der Waals surface area contributed by atoms with E-state index < -0.39 is 17.3 Å². The topological polar surface area (TPSA) is 87.7 Å². The molecule has 0 fully saturated rings. The summed E-state index contributed by atoms with van der Waals surface area (Å²) in [6, 6.07) is 3.66. The summed E-state index contributed by atoms with van der Waals surface area (Å²) in [4.78, 5) is 12.0. The van der Waals surface area contributed by atoms with E-state index in [-0.39, 0.29) is 16.4 Å². The first kappa shape index (κ1) is 15.2. The smallest absolute Gasteiger partial charge is 0.255 e. The monoisotopic (exact) mass is 287 g/mol. The number of carbonyl (C=O) groups excluding carboxylic acids is 1. The Balaban J connectivity index is 3.05. The quantitative estimate of drug-likeness (QED) is 0.343. The van der Waals surface area contributed by atoms with Crippen LogP contribution in [-0.4, -0.2) is 22.5 Å². The van der Waals surface area contributed by atoms with Crippen LogP contribution in [0.5, 0.6) is 0 Å². The van der Waals surface area contributed by atoms with Crippen LogP contribution in [0.2, 0.25) is 5.02 Å². The van der Waals surface area contributed by atoms with Gasteiger partial charge in [0.05, 0.1) is 11.1 Å². The SMILES string of the molecule is CCC(C)(NC(=O)c1cc(Cl)ccc1F)/C(N)=N/O. The summed E-state index contributed by atoms with van der Waals surface area (Å²) < 4.78 is 13.6. The first-order chi connectivity index (χ1) is 8.84. The van der Waals surface area contributed by atoms with Crippen molar-refractivity contribution in [1.29, 1.82) is 0 Å². The molecule has 0 saturated heterocycles. The van der Waals surface area contributed by atoms with E-state index in [1.54, 1.807) is 13.8 Å². The fraction of sp³-hybridized carbons (Fsp3) is 0.333. The van der Waals surface area contributed by atoms with Crippen molar-refractivity contribution in [2.75, 3.05) is 0 Å². The molecule has 5 nitrogen and oxygen atoms in total. The first-order valence-corrected chi connectivity index (χ1v) is 5.97. The van der Waals surface area contributed by atoms with Crippen LogP contribution in [-0.2, 0) is 0 Å². The van der Waals surface area contributed by atoms with E-state index in [1.165, 1.54) is 12.1 Å². The molecule has 1 aromatic rings. The summed E-state index contributed by atoms with van der Waals surface area (Å²) in [5, 5.41) is 14.3. The Morgan fingerprint density at radius 1 is 1.63 bits per heavy atom. The highest BCUT2D eigenvalue weighted by Crippen LogP contribution is 2.17. The Labute approximate surface area is 115 Å². The maximum absolute atomic E-state index is 13.6. The number of oxime groups is 1. The van der Waals surface area contributed by atoms with Crippen molar-refractivity contribution in [3.63, 3.8) is 0 Å². The Kier molecular flexibility index (Phi) is 4.72. The Hall–Kier alpha value is -1.82. The predicted molar refractivity (Wildman–Crippen MR) is 71.0 cm³/mol. The van der Waals surface area contributed by atoms with Crippen molar-refractivity contribution in [1.82, 2.24) is 5.32 Å². The molecule has 19 heavy (non-hydrogen) atoms. The zero-order valence-electron chi connectivity index (χ0n) is 10.6. The molecule has 1 unspecified atom stereocenters. The largest absolute Gasteiger partial charge is 0.409 e. The minimum Gasteiger partial charge on any atom is -0.409 e. The van der Waals surface area contributed by atoms with E-state index in [9.17, 15) is 9.18 Å². The highest BCUT2D eigenvalue weighted by molar-refractivity contribution is 6.31. The van der Waals surface area contributed by atoms with Gasteiger partial charge in [-0.25, -0.2) is 4.39 Å². The van der Waals surface area contributed by atoms with Gasteiger partial charge in [-0.1, -0.05) is 23.7 Å². The summed E-state index contributed by atoms with van der Waals surface area (Å²) in [5.74, 6) is -1.54. The lowest BCUT2D eigenvalue weighted by atomic mass is 9.97. The first-order valence-electron chi connectivity index (χ1n) is 5.59. The van der Waals surface area contributed by atoms with Gasteiger partial charge in [-0.3, -0.25) is 4.79 Å². The van der Waals surface area contributed by atoms with E-state index >= 15 is 0 Å². The molecule has 7 heteroatoms. The lowest BCUT2D eigenvalue weighted by Gasteiger charge is -2.28. The Bertz CT molecular complexity index is 522. The summed E-state index contributed by atoms with van der Waals surface area (Å²) in [6.07, 6.45) is 0.372. The molecule has 0 saturated carbocycles. The fourth-order valence-corrected chi connectivity index (χ4v) is 1.61. The van der Waals surface area contributed by atoms with Crippen LogP contribution >= 0.6 is 11.6 Å². The van der Waals surface area contributed by atoms with Gasteiger partial charge >= 0.3 is 0 Å². The molecule has 0 spiro atoms. The number of benzene rings is 1. The van der Waals surface area contributed by atoms with Gasteiger partial charge in [-0.05, 0) is 31.5 Å². The molecular weight excluding hydrogens is 273 g/mol. The molecule has 0 aliphatic carbocycles. The zero-order valence-corrected chi connectivity index (χ0v) is 11.3. The second kappa shape index (κ2) is 5.88. The molecule has 1 atom stereocenters. The van der Waals surface area contributed by atoms with E-state index in [1.807, 2.05) is 0 Å². The van der Waals surface area contributed by atoms with Gasteiger partial charge in [0, 0.05) is 5.02 Å². The number of halogens is 2. The summed E-state index contributed by atoms with van der Waals surface area (Å²) >= 11 is 5.72. The van der Waals surface area contributed by atoms with Crippen molar-refractivity contribution < 1.29 is 14.4 Å². The highest BCUT2D eigenvalue weighted by atomic mass is 35.5. The van der Waals surface area contributed by atoms with Gasteiger partial charge in [0.1, 0.15) is 5.82 Å². The maximum atomic E-state index is 13.6. The Morgan fingerprint density at radius 2 is 2.26 bits per heavy atom. The third-order valence-electron chi connectivity index (χ3n) is 2.94. The zero-order chi connectivity index (χ0) is 14.6. The number of nitrogens with one attached hydrogen (secondary N) is 1. The molecule has 1 aromatic carbocycles. The molecule has 0 aliphatic rings. The maximum Gasteiger partial charge on any atom is 0.255 e. The summed E-state index contributed by atoms with van der Waals surface area (Å²) in [5.41, 5.74) is 4.26. The standard InChI is InChI=1S/C12H15ClFN3O2/c1-3-12(2,11(15)17-19)16-10(18)8-6-7(13)4-5-9(8)14/h4-6,19H,3H2,1-2H3,(H2,15,17)(H,16,18). The number of nitrogens with two attached hydrogens (primary N) is 1. The molecule has 0 bridgehead atoms. The third kappa shape index (κ3) is 3.35. The Morgan fingerprint density at radius 3 is 2.79 bits per heavy atom. The highest BCUT2D eigenvalue weighted by Gasteiger charge is 2.30. The van der Waals surface area contributed by atoms with Crippen LogP contribution < -0.4 is 11.1 Å². The van der Waals surface area contributed by atoms with Crippen LogP contribution in [0.4, 0.5) is 4.39 Å². The summed E-state index contributed by atoms with van der Waals surface area (Å²) in [7, 11) is 0. The van der Waals surface area contributed by atoms with Gasteiger partial charge in [0.25, 0.3) is 5.91 Å². The number of carbonyl (C=O) groups is 1. The van der Waals surface area contributed by atoms with Crippen LogP contribution in [0, 0.1) is 5.82 Å². The van der Waals surface area contributed by atoms with Gasteiger partial charge in [-0.2, -0.15) is 0 Å². The second-order valence-corrected chi connectivity index (χ2v) is 4.69.